The second-order valence-electron chi connectivity index (χ2n) is 5.98. The Morgan fingerprint density at radius 2 is 1.57 bits per heavy atom. The minimum absolute atomic E-state index is 0.769. The second-order valence-corrected chi connectivity index (χ2v) is 6.42. The summed E-state index contributed by atoms with van der Waals surface area (Å²) in [4.78, 5) is 2.18. The van der Waals surface area contributed by atoms with Gasteiger partial charge in [-0.15, -0.1) is 0 Å². The summed E-state index contributed by atoms with van der Waals surface area (Å²) in [5.41, 5.74) is 4.96. The Kier molecular flexibility index (Phi) is 6.85. The smallest absolute Gasteiger partial charge is 0.0406 e. The van der Waals surface area contributed by atoms with Gasteiger partial charge in [-0.05, 0) is 55.4 Å². The fraction of sp³-hybridized carbons (Fsp3) is 0.300. The van der Waals surface area contributed by atoms with Crippen LogP contribution in [0.3, 0.4) is 0 Å². The number of benzene rings is 2. The van der Waals surface area contributed by atoms with Gasteiger partial charge in [-0.25, -0.2) is 0 Å². The molecule has 1 N–H and O–H groups in total. The Hall–Kier alpha value is -1.61. The molecule has 122 valence electrons. The molecule has 2 aromatic carbocycles. The fourth-order valence-electron chi connectivity index (χ4n) is 2.32. The normalized spacial score (nSPS) is 12.0. The first-order valence-electron chi connectivity index (χ1n) is 7.95. The van der Waals surface area contributed by atoms with Gasteiger partial charge in [-0.2, -0.15) is 0 Å². The van der Waals surface area contributed by atoms with Gasteiger partial charge in [0.05, 0.1) is 0 Å². The van der Waals surface area contributed by atoms with Gasteiger partial charge < -0.3 is 10.2 Å². The third kappa shape index (κ3) is 5.83. The van der Waals surface area contributed by atoms with Gasteiger partial charge in [0.15, 0.2) is 0 Å². The van der Waals surface area contributed by atoms with E-state index in [0.717, 1.165) is 24.7 Å². The van der Waals surface area contributed by atoms with Crippen LogP contribution >= 0.6 is 11.6 Å². The third-order valence-corrected chi connectivity index (χ3v) is 4.06. The van der Waals surface area contributed by atoms with Crippen molar-refractivity contribution in [3.8, 4) is 11.1 Å². The van der Waals surface area contributed by atoms with Crippen LogP contribution in [0.25, 0.3) is 16.7 Å². The zero-order valence-corrected chi connectivity index (χ0v) is 14.9. The molecule has 0 bridgehead atoms. The van der Waals surface area contributed by atoms with Gasteiger partial charge in [0.1, 0.15) is 0 Å². The molecule has 2 aromatic rings. The molecule has 0 aromatic heterocycles. The van der Waals surface area contributed by atoms with E-state index in [1.807, 2.05) is 12.1 Å². The first-order valence-corrected chi connectivity index (χ1v) is 8.32. The number of likely N-dealkylation sites (N-methyl/N-ethyl adjacent to an activating group) is 1. The monoisotopic (exact) mass is 328 g/mol. The van der Waals surface area contributed by atoms with E-state index in [-0.39, 0.29) is 0 Å². The molecule has 0 aliphatic heterocycles. The van der Waals surface area contributed by atoms with Crippen LogP contribution in [0.4, 0.5) is 0 Å². The minimum Gasteiger partial charge on any atom is -0.312 e. The summed E-state index contributed by atoms with van der Waals surface area (Å²) in [6.45, 7) is 5.12. The van der Waals surface area contributed by atoms with Crippen molar-refractivity contribution in [1.29, 1.82) is 0 Å². The average Bonchev–Trinajstić information content (AvgIpc) is 2.55. The number of hydrogen-bond donors (Lipinski definition) is 1. The van der Waals surface area contributed by atoms with Gasteiger partial charge >= 0.3 is 0 Å². The maximum absolute atomic E-state index is 5.94. The summed E-state index contributed by atoms with van der Waals surface area (Å²) in [5.74, 6) is 0. The topological polar surface area (TPSA) is 15.3 Å². The van der Waals surface area contributed by atoms with Crippen molar-refractivity contribution < 1.29 is 0 Å². The molecular formula is C20H25ClN2. The van der Waals surface area contributed by atoms with Crippen LogP contribution in [0.5, 0.6) is 0 Å². The van der Waals surface area contributed by atoms with Crippen molar-refractivity contribution >= 4 is 17.2 Å². The molecule has 0 atom stereocenters. The predicted molar refractivity (Wildman–Crippen MR) is 102 cm³/mol. The van der Waals surface area contributed by atoms with Gasteiger partial charge in [0.25, 0.3) is 0 Å². The highest BCUT2D eigenvalue weighted by molar-refractivity contribution is 6.30. The molecule has 0 aliphatic rings. The van der Waals surface area contributed by atoms with Gasteiger partial charge in [-0.1, -0.05) is 54.1 Å². The zero-order valence-electron chi connectivity index (χ0n) is 14.1. The van der Waals surface area contributed by atoms with Crippen LogP contribution in [-0.2, 0) is 0 Å². The standard InChI is InChI=1S/C20H25ClN2/c1-16(12-13-22-14-15-23(2)3)17-4-6-18(7-5-17)19-8-10-20(21)11-9-19/h4-12,22H,13-15H2,1-3H3. The second kappa shape index (κ2) is 8.88. The summed E-state index contributed by atoms with van der Waals surface area (Å²) < 4.78 is 0. The Morgan fingerprint density at radius 1 is 1.00 bits per heavy atom. The molecule has 0 radical (unpaired) electrons. The van der Waals surface area contributed by atoms with Crippen molar-refractivity contribution in [2.24, 2.45) is 0 Å². The van der Waals surface area contributed by atoms with E-state index in [1.54, 1.807) is 0 Å². The molecule has 23 heavy (non-hydrogen) atoms. The van der Waals surface area contributed by atoms with E-state index < -0.39 is 0 Å². The van der Waals surface area contributed by atoms with Crippen molar-refractivity contribution in [2.75, 3.05) is 33.7 Å². The van der Waals surface area contributed by atoms with Crippen molar-refractivity contribution in [1.82, 2.24) is 10.2 Å². The highest BCUT2D eigenvalue weighted by Gasteiger charge is 2.00. The molecule has 0 fully saturated rings. The summed E-state index contributed by atoms with van der Waals surface area (Å²) >= 11 is 5.94. The van der Waals surface area contributed by atoms with Crippen molar-refractivity contribution in [3.05, 3.63) is 65.2 Å². The fourth-order valence-corrected chi connectivity index (χ4v) is 2.44. The molecule has 0 amide bonds. The molecule has 3 heteroatoms. The van der Waals surface area contributed by atoms with Gasteiger partial charge in [-0.3, -0.25) is 0 Å². The van der Waals surface area contributed by atoms with Gasteiger partial charge in [0.2, 0.25) is 0 Å². The Balaban J connectivity index is 1.94. The van der Waals surface area contributed by atoms with E-state index in [0.29, 0.717) is 0 Å². The molecule has 2 rings (SSSR count). The first-order chi connectivity index (χ1) is 11.1. The molecule has 0 spiro atoms. The SMILES string of the molecule is CC(=CCNCCN(C)C)c1ccc(-c2ccc(Cl)cc2)cc1. The number of hydrogen-bond acceptors (Lipinski definition) is 2. The summed E-state index contributed by atoms with van der Waals surface area (Å²) in [7, 11) is 4.18. The minimum atomic E-state index is 0.769. The van der Waals surface area contributed by atoms with Gasteiger partial charge in [0, 0.05) is 24.7 Å². The lowest BCUT2D eigenvalue weighted by Gasteiger charge is -2.09. The molecule has 2 nitrogen and oxygen atoms in total. The quantitative estimate of drug-likeness (QED) is 0.749. The Morgan fingerprint density at radius 3 is 2.13 bits per heavy atom. The highest BCUT2D eigenvalue weighted by atomic mass is 35.5. The largest absolute Gasteiger partial charge is 0.312 e. The molecular weight excluding hydrogens is 304 g/mol. The van der Waals surface area contributed by atoms with Crippen LogP contribution in [-0.4, -0.2) is 38.6 Å². The molecule has 0 unspecified atom stereocenters. The molecule has 0 heterocycles. The number of nitrogens with zero attached hydrogens (tertiary/aromatic N) is 1. The van der Waals surface area contributed by atoms with Crippen LogP contribution in [0.2, 0.25) is 5.02 Å². The van der Waals surface area contributed by atoms with Crippen LogP contribution in [0.15, 0.2) is 54.6 Å². The summed E-state index contributed by atoms with van der Waals surface area (Å²) in [6.07, 6.45) is 2.24. The Bertz CT molecular complexity index is 628. The lowest BCUT2D eigenvalue weighted by Crippen LogP contribution is -2.26. The Labute approximate surface area is 144 Å². The van der Waals surface area contributed by atoms with E-state index >= 15 is 0 Å². The molecule has 0 saturated heterocycles. The van der Waals surface area contributed by atoms with E-state index in [2.05, 4.69) is 73.7 Å². The van der Waals surface area contributed by atoms with Crippen LogP contribution < -0.4 is 5.32 Å². The first kappa shape index (κ1) is 17.7. The average molecular weight is 329 g/mol. The zero-order chi connectivity index (χ0) is 16.7. The van der Waals surface area contributed by atoms with Crippen LogP contribution in [0, 0.1) is 0 Å². The number of halogens is 1. The predicted octanol–water partition coefficient (Wildman–Crippen LogP) is 4.56. The lowest BCUT2D eigenvalue weighted by molar-refractivity contribution is 0.404. The van der Waals surface area contributed by atoms with Crippen molar-refractivity contribution in [3.63, 3.8) is 0 Å². The highest BCUT2D eigenvalue weighted by Crippen LogP contribution is 2.23. The number of rotatable bonds is 7. The maximum atomic E-state index is 5.94. The summed E-state index contributed by atoms with van der Waals surface area (Å²) in [6, 6.07) is 16.6. The molecule has 0 aliphatic carbocycles. The van der Waals surface area contributed by atoms with Crippen LogP contribution in [0.1, 0.15) is 12.5 Å². The number of allylic oxidation sites excluding steroid dienone is 1. The van der Waals surface area contributed by atoms with E-state index in [9.17, 15) is 0 Å². The maximum Gasteiger partial charge on any atom is 0.0406 e. The number of nitrogens with one attached hydrogen (secondary N) is 1. The van der Waals surface area contributed by atoms with Crippen molar-refractivity contribution in [2.45, 2.75) is 6.92 Å². The lowest BCUT2D eigenvalue weighted by atomic mass is 10.0. The van der Waals surface area contributed by atoms with E-state index in [1.165, 1.54) is 22.3 Å². The summed E-state index contributed by atoms with van der Waals surface area (Å²) in [5, 5.41) is 4.20. The third-order valence-electron chi connectivity index (χ3n) is 3.81. The molecule has 0 saturated carbocycles. The van der Waals surface area contributed by atoms with E-state index in [4.69, 9.17) is 11.6 Å².